The van der Waals surface area contributed by atoms with Crippen LogP contribution in [-0.4, -0.2) is 50.3 Å². The molecule has 0 spiro atoms. The highest BCUT2D eigenvalue weighted by Crippen LogP contribution is 2.23. The van der Waals surface area contributed by atoms with Crippen LogP contribution in [0.3, 0.4) is 0 Å². The normalized spacial score (nSPS) is 17.2. The lowest BCUT2D eigenvalue weighted by Gasteiger charge is -2.34. The fraction of sp³-hybridized carbons (Fsp3) is 0.263. The van der Waals surface area contributed by atoms with Crippen molar-refractivity contribution < 1.29 is 9.53 Å². The van der Waals surface area contributed by atoms with Crippen molar-refractivity contribution in [1.29, 1.82) is 0 Å². The Morgan fingerprint density at radius 1 is 1.15 bits per heavy atom. The topological polar surface area (TPSA) is 73.1 Å². The Kier molecular flexibility index (Phi) is 4.70. The zero-order valence-corrected chi connectivity index (χ0v) is 14.2. The molecule has 7 heteroatoms. The van der Waals surface area contributed by atoms with Gasteiger partial charge in [-0.15, -0.1) is 0 Å². The van der Waals surface area contributed by atoms with Crippen molar-refractivity contribution in [3.05, 3.63) is 78.1 Å². The zero-order valence-electron chi connectivity index (χ0n) is 14.2. The van der Waals surface area contributed by atoms with Gasteiger partial charge in [0.1, 0.15) is 12.4 Å². The molecular weight excluding hydrogens is 330 g/mol. The van der Waals surface area contributed by atoms with E-state index in [4.69, 9.17) is 4.74 Å². The Morgan fingerprint density at radius 2 is 1.96 bits per heavy atom. The van der Waals surface area contributed by atoms with Crippen molar-refractivity contribution in [1.82, 2.24) is 24.6 Å². The van der Waals surface area contributed by atoms with E-state index < -0.39 is 0 Å². The molecule has 132 valence electrons. The number of hydrogen-bond acceptors (Lipinski definition) is 5. The summed E-state index contributed by atoms with van der Waals surface area (Å²) in [5.41, 5.74) is 1.75. The Hall–Kier alpha value is -3.06. The molecule has 3 heterocycles. The lowest BCUT2D eigenvalue weighted by Crippen LogP contribution is -2.43. The second-order valence-corrected chi connectivity index (χ2v) is 6.11. The van der Waals surface area contributed by atoms with E-state index in [2.05, 4.69) is 15.1 Å². The molecule has 1 aliphatic heterocycles. The predicted octanol–water partition coefficient (Wildman–Crippen LogP) is 1.94. The van der Waals surface area contributed by atoms with Crippen LogP contribution in [0, 0.1) is 0 Å². The van der Waals surface area contributed by atoms with Crippen LogP contribution in [0.5, 0.6) is 0 Å². The molecule has 1 amide bonds. The van der Waals surface area contributed by atoms with Gasteiger partial charge >= 0.3 is 0 Å². The summed E-state index contributed by atoms with van der Waals surface area (Å²) in [7, 11) is 0. The molecule has 4 rings (SSSR count). The summed E-state index contributed by atoms with van der Waals surface area (Å²) < 4.78 is 7.37. The molecule has 1 aliphatic rings. The number of nitrogens with zero attached hydrogens (tertiary/aromatic N) is 5. The summed E-state index contributed by atoms with van der Waals surface area (Å²) in [5.74, 6) is 0.545. The van der Waals surface area contributed by atoms with Gasteiger partial charge < -0.3 is 9.64 Å². The van der Waals surface area contributed by atoms with Crippen molar-refractivity contribution in [2.24, 2.45) is 0 Å². The number of carbonyl (C=O) groups is 1. The SMILES string of the molecule is O=C(c1ccncc1)N1CCOC[C@H]1c1ncn(Cc2ccccc2)n1. The number of carbonyl (C=O) groups excluding carboxylic acids is 1. The van der Waals surface area contributed by atoms with Crippen molar-refractivity contribution in [3.63, 3.8) is 0 Å². The van der Waals surface area contributed by atoms with Gasteiger partial charge in [-0.05, 0) is 17.7 Å². The maximum atomic E-state index is 12.9. The number of morpholine rings is 1. The molecule has 1 saturated heterocycles. The first kappa shape index (κ1) is 16.4. The molecule has 0 unspecified atom stereocenters. The van der Waals surface area contributed by atoms with Gasteiger partial charge in [-0.3, -0.25) is 9.78 Å². The largest absolute Gasteiger partial charge is 0.377 e. The van der Waals surface area contributed by atoms with Crippen molar-refractivity contribution >= 4 is 5.91 Å². The minimum Gasteiger partial charge on any atom is -0.377 e. The van der Waals surface area contributed by atoms with Gasteiger partial charge in [0.15, 0.2) is 5.82 Å². The highest BCUT2D eigenvalue weighted by atomic mass is 16.5. The lowest BCUT2D eigenvalue weighted by atomic mass is 10.1. The van der Waals surface area contributed by atoms with Crippen LogP contribution in [0.1, 0.15) is 27.8 Å². The van der Waals surface area contributed by atoms with Gasteiger partial charge in [-0.1, -0.05) is 30.3 Å². The average molecular weight is 349 g/mol. The highest BCUT2D eigenvalue weighted by Gasteiger charge is 2.32. The summed E-state index contributed by atoms with van der Waals surface area (Å²) in [4.78, 5) is 23.0. The number of hydrogen-bond donors (Lipinski definition) is 0. The van der Waals surface area contributed by atoms with E-state index in [1.165, 1.54) is 0 Å². The second kappa shape index (κ2) is 7.45. The third-order valence-electron chi connectivity index (χ3n) is 4.36. The molecule has 2 aromatic heterocycles. The van der Waals surface area contributed by atoms with Gasteiger partial charge in [-0.2, -0.15) is 5.10 Å². The minimum atomic E-state index is -0.290. The van der Waals surface area contributed by atoms with E-state index >= 15 is 0 Å². The van der Waals surface area contributed by atoms with Gasteiger partial charge in [0.05, 0.1) is 19.8 Å². The lowest BCUT2D eigenvalue weighted by molar-refractivity contribution is -0.00524. The quantitative estimate of drug-likeness (QED) is 0.720. The molecule has 1 atom stereocenters. The minimum absolute atomic E-state index is 0.0555. The van der Waals surface area contributed by atoms with E-state index in [-0.39, 0.29) is 11.9 Å². The van der Waals surface area contributed by atoms with Gasteiger partial charge in [-0.25, -0.2) is 9.67 Å². The molecule has 0 bridgehead atoms. The Bertz CT molecular complexity index is 866. The maximum absolute atomic E-state index is 12.9. The smallest absolute Gasteiger partial charge is 0.254 e. The van der Waals surface area contributed by atoms with Crippen LogP contribution >= 0.6 is 0 Å². The second-order valence-electron chi connectivity index (χ2n) is 6.11. The van der Waals surface area contributed by atoms with Crippen molar-refractivity contribution in [2.75, 3.05) is 19.8 Å². The summed E-state index contributed by atoms with van der Waals surface area (Å²) in [6.07, 6.45) is 4.94. The van der Waals surface area contributed by atoms with Crippen LogP contribution in [0.25, 0.3) is 0 Å². The van der Waals surface area contributed by atoms with Crippen LogP contribution in [0.2, 0.25) is 0 Å². The van der Waals surface area contributed by atoms with E-state index in [0.717, 1.165) is 5.56 Å². The first-order chi connectivity index (χ1) is 12.8. The molecule has 7 nitrogen and oxygen atoms in total. The molecule has 0 radical (unpaired) electrons. The summed E-state index contributed by atoms with van der Waals surface area (Å²) in [5, 5.41) is 4.57. The maximum Gasteiger partial charge on any atom is 0.254 e. The highest BCUT2D eigenvalue weighted by molar-refractivity contribution is 5.94. The molecule has 3 aromatic rings. The van der Waals surface area contributed by atoms with E-state index in [1.54, 1.807) is 40.4 Å². The van der Waals surface area contributed by atoms with Crippen molar-refractivity contribution in [3.8, 4) is 0 Å². The van der Waals surface area contributed by atoms with Crippen molar-refractivity contribution in [2.45, 2.75) is 12.6 Å². The van der Waals surface area contributed by atoms with E-state index in [1.807, 2.05) is 30.3 Å². The van der Waals surface area contributed by atoms with Crippen LogP contribution < -0.4 is 0 Å². The van der Waals surface area contributed by atoms with Crippen LogP contribution in [0.4, 0.5) is 0 Å². The number of amides is 1. The third-order valence-corrected chi connectivity index (χ3v) is 4.36. The molecule has 26 heavy (non-hydrogen) atoms. The number of ether oxygens (including phenoxy) is 1. The van der Waals surface area contributed by atoms with Gasteiger partial charge in [0, 0.05) is 24.5 Å². The number of benzene rings is 1. The monoisotopic (exact) mass is 349 g/mol. The predicted molar refractivity (Wildman–Crippen MR) is 94.4 cm³/mol. The molecule has 1 aromatic carbocycles. The first-order valence-electron chi connectivity index (χ1n) is 8.53. The molecule has 1 fully saturated rings. The third kappa shape index (κ3) is 3.48. The molecular formula is C19H19N5O2. The van der Waals surface area contributed by atoms with Gasteiger partial charge in [0.2, 0.25) is 0 Å². The van der Waals surface area contributed by atoms with Crippen LogP contribution in [-0.2, 0) is 11.3 Å². The standard InChI is InChI=1S/C19H19N5O2/c25-19(16-6-8-20-9-7-16)24-10-11-26-13-17(24)18-21-14-23(22-18)12-15-4-2-1-3-5-15/h1-9,14,17H,10-13H2/t17-/m0/s1. The number of aromatic nitrogens is 4. The first-order valence-corrected chi connectivity index (χ1v) is 8.53. The molecule has 0 aliphatic carbocycles. The molecule has 0 saturated carbocycles. The summed E-state index contributed by atoms with van der Waals surface area (Å²) >= 11 is 0. The molecule has 0 N–H and O–H groups in total. The zero-order chi connectivity index (χ0) is 17.8. The summed E-state index contributed by atoms with van der Waals surface area (Å²) in [6.45, 7) is 2.06. The van der Waals surface area contributed by atoms with E-state index in [9.17, 15) is 4.79 Å². The number of rotatable bonds is 4. The fourth-order valence-corrected chi connectivity index (χ4v) is 3.03. The Morgan fingerprint density at radius 3 is 2.77 bits per heavy atom. The van der Waals surface area contributed by atoms with E-state index in [0.29, 0.717) is 37.7 Å². The Labute approximate surface area is 151 Å². The van der Waals surface area contributed by atoms with Gasteiger partial charge in [0.25, 0.3) is 5.91 Å². The summed E-state index contributed by atoms with van der Waals surface area (Å²) in [6, 6.07) is 13.2. The Balaban J connectivity index is 1.54. The fourth-order valence-electron chi connectivity index (χ4n) is 3.03. The average Bonchev–Trinajstić information content (AvgIpc) is 3.17. The van der Waals surface area contributed by atoms with Crippen LogP contribution in [0.15, 0.2) is 61.2 Å². The number of pyridine rings is 1.